The predicted molar refractivity (Wildman–Crippen MR) is 76.9 cm³/mol. The molecule has 0 fully saturated rings. The van der Waals surface area contributed by atoms with Crippen LogP contribution in [0.25, 0.3) is 0 Å². The van der Waals surface area contributed by atoms with Crippen molar-refractivity contribution in [1.82, 2.24) is 9.97 Å². The average molecular weight is 336 g/mol. The molecule has 108 valence electrons. The van der Waals surface area contributed by atoms with Gasteiger partial charge in [-0.25, -0.2) is 4.98 Å². The Kier molecular flexibility index (Phi) is 4.12. The molecule has 1 aromatic heterocycles. The molecule has 2 aromatic rings. The van der Waals surface area contributed by atoms with E-state index >= 15 is 0 Å². The maximum absolute atomic E-state index is 12.1. The van der Waals surface area contributed by atoms with Gasteiger partial charge in [0, 0.05) is 6.42 Å². The molecule has 0 aliphatic heterocycles. The smallest absolute Gasteiger partial charge is 0.278 e. The van der Waals surface area contributed by atoms with E-state index in [0.717, 1.165) is 0 Å². The summed E-state index contributed by atoms with van der Waals surface area (Å²) >= 11 is 11.5. The van der Waals surface area contributed by atoms with Gasteiger partial charge in [-0.1, -0.05) is 30.1 Å². The monoisotopic (exact) mass is 335 g/mol. The number of anilines is 1. The zero-order chi connectivity index (χ0) is 14.9. The van der Waals surface area contributed by atoms with E-state index in [1.165, 1.54) is 18.3 Å². The summed E-state index contributed by atoms with van der Waals surface area (Å²) in [6, 6.07) is 2.52. The van der Waals surface area contributed by atoms with E-state index in [1.807, 2.05) is 6.92 Å². The summed E-state index contributed by atoms with van der Waals surface area (Å²) in [5.41, 5.74) is 0.144. The van der Waals surface area contributed by atoms with Gasteiger partial charge in [-0.05, 0) is 12.1 Å². The standard InChI is InChI=1S/C11H11Cl2N3O3S/c1-2-9-14-5-10(15-9)20(18,19)16-6-3-7(12)11(17)8(13)4-6/h3-5,16-17H,2H2,1H3,(H,14,15). The number of aromatic amines is 1. The molecular formula is C11H11Cl2N3O3S. The van der Waals surface area contributed by atoms with E-state index in [-0.39, 0.29) is 26.5 Å². The number of hydrogen-bond donors (Lipinski definition) is 3. The first-order chi connectivity index (χ1) is 9.33. The summed E-state index contributed by atoms with van der Waals surface area (Å²) in [5.74, 6) is 0.262. The van der Waals surface area contributed by atoms with Crippen molar-refractivity contribution in [3.05, 3.63) is 34.2 Å². The molecule has 0 unspecified atom stereocenters. The molecule has 0 saturated carbocycles. The maximum atomic E-state index is 12.1. The number of nitrogens with one attached hydrogen (secondary N) is 2. The Bertz CT molecular complexity index is 720. The van der Waals surface area contributed by atoms with Gasteiger partial charge in [0.1, 0.15) is 5.82 Å². The molecule has 20 heavy (non-hydrogen) atoms. The highest BCUT2D eigenvalue weighted by Gasteiger charge is 2.18. The van der Waals surface area contributed by atoms with E-state index in [0.29, 0.717) is 12.2 Å². The molecule has 1 heterocycles. The SMILES string of the molecule is CCc1ncc(S(=O)(=O)Nc2cc(Cl)c(O)c(Cl)c2)[nH]1. The lowest BCUT2D eigenvalue weighted by atomic mass is 10.3. The van der Waals surface area contributed by atoms with E-state index in [1.54, 1.807) is 0 Å². The van der Waals surface area contributed by atoms with Crippen LogP contribution in [0.3, 0.4) is 0 Å². The van der Waals surface area contributed by atoms with Crippen LogP contribution in [-0.2, 0) is 16.4 Å². The van der Waals surface area contributed by atoms with Gasteiger partial charge >= 0.3 is 0 Å². The van der Waals surface area contributed by atoms with Crippen LogP contribution in [0.2, 0.25) is 10.0 Å². The van der Waals surface area contributed by atoms with Crippen LogP contribution in [0.15, 0.2) is 23.4 Å². The molecule has 0 saturated heterocycles. The van der Waals surface area contributed by atoms with Gasteiger partial charge in [-0.2, -0.15) is 8.42 Å². The topological polar surface area (TPSA) is 95.1 Å². The molecule has 9 heteroatoms. The zero-order valence-corrected chi connectivity index (χ0v) is 12.6. The fourth-order valence-corrected chi connectivity index (χ4v) is 2.96. The number of H-pyrrole nitrogens is 1. The number of halogens is 2. The molecule has 0 aliphatic carbocycles. The summed E-state index contributed by atoms with van der Waals surface area (Å²) in [6.45, 7) is 1.85. The third-order valence-corrected chi connectivity index (χ3v) is 4.37. The number of aromatic nitrogens is 2. The minimum absolute atomic E-state index is 0.0472. The minimum Gasteiger partial charge on any atom is -0.505 e. The summed E-state index contributed by atoms with van der Waals surface area (Å²) in [4.78, 5) is 6.61. The fourth-order valence-electron chi connectivity index (χ4n) is 1.49. The van der Waals surface area contributed by atoms with Gasteiger partial charge in [0.2, 0.25) is 0 Å². The molecule has 6 nitrogen and oxygen atoms in total. The number of rotatable bonds is 4. The molecule has 0 atom stereocenters. The number of hydrogen-bond acceptors (Lipinski definition) is 4. The van der Waals surface area contributed by atoms with E-state index in [9.17, 15) is 13.5 Å². The Balaban J connectivity index is 2.33. The van der Waals surface area contributed by atoms with Crippen molar-refractivity contribution >= 4 is 38.9 Å². The van der Waals surface area contributed by atoms with Crippen LogP contribution in [0.5, 0.6) is 5.75 Å². The highest BCUT2D eigenvalue weighted by atomic mass is 35.5. The molecule has 0 amide bonds. The minimum atomic E-state index is -3.82. The maximum Gasteiger partial charge on any atom is 0.278 e. The van der Waals surface area contributed by atoms with Crippen LogP contribution >= 0.6 is 23.2 Å². The lowest BCUT2D eigenvalue weighted by Gasteiger charge is -2.08. The second-order valence-corrected chi connectivity index (χ2v) is 6.41. The number of nitrogens with zero attached hydrogens (tertiary/aromatic N) is 1. The highest BCUT2D eigenvalue weighted by Crippen LogP contribution is 2.35. The highest BCUT2D eigenvalue weighted by molar-refractivity contribution is 7.92. The average Bonchev–Trinajstić information content (AvgIpc) is 2.85. The van der Waals surface area contributed by atoms with Gasteiger partial charge in [0.25, 0.3) is 10.0 Å². The molecule has 0 radical (unpaired) electrons. The van der Waals surface area contributed by atoms with Crippen molar-refractivity contribution in [2.45, 2.75) is 18.4 Å². The first-order valence-corrected chi connectivity index (χ1v) is 7.82. The van der Waals surface area contributed by atoms with E-state index < -0.39 is 10.0 Å². The zero-order valence-electron chi connectivity index (χ0n) is 10.3. The molecule has 0 spiro atoms. The largest absolute Gasteiger partial charge is 0.505 e. The van der Waals surface area contributed by atoms with Gasteiger partial charge < -0.3 is 10.1 Å². The third kappa shape index (κ3) is 3.00. The second kappa shape index (κ2) is 5.51. The van der Waals surface area contributed by atoms with Crippen molar-refractivity contribution in [2.24, 2.45) is 0 Å². The van der Waals surface area contributed by atoms with Crippen LogP contribution < -0.4 is 4.72 Å². The molecule has 0 bridgehead atoms. The number of phenolic OH excluding ortho intramolecular Hbond substituents is 1. The molecule has 0 aliphatic rings. The Morgan fingerprint density at radius 2 is 1.95 bits per heavy atom. The van der Waals surface area contributed by atoms with Gasteiger partial charge in [-0.3, -0.25) is 4.72 Å². The lowest BCUT2D eigenvalue weighted by molar-refractivity contribution is 0.476. The Morgan fingerprint density at radius 3 is 2.45 bits per heavy atom. The van der Waals surface area contributed by atoms with Gasteiger partial charge in [-0.15, -0.1) is 0 Å². The van der Waals surface area contributed by atoms with Crippen molar-refractivity contribution in [2.75, 3.05) is 4.72 Å². The summed E-state index contributed by atoms with van der Waals surface area (Å²) < 4.78 is 26.5. The van der Waals surface area contributed by atoms with Crippen LogP contribution in [0.1, 0.15) is 12.7 Å². The summed E-state index contributed by atoms with van der Waals surface area (Å²) in [6.07, 6.45) is 1.82. The predicted octanol–water partition coefficient (Wildman–Crippen LogP) is 2.79. The normalized spacial score (nSPS) is 11.6. The van der Waals surface area contributed by atoms with E-state index in [4.69, 9.17) is 23.2 Å². The van der Waals surface area contributed by atoms with Crippen LogP contribution in [-0.4, -0.2) is 23.5 Å². The first-order valence-electron chi connectivity index (χ1n) is 5.58. The number of imidazole rings is 1. The Hall–Kier alpha value is -1.44. The van der Waals surface area contributed by atoms with E-state index in [2.05, 4.69) is 14.7 Å². The number of aryl methyl sites for hydroxylation is 1. The summed E-state index contributed by atoms with van der Waals surface area (Å²) in [7, 11) is -3.82. The van der Waals surface area contributed by atoms with Gasteiger partial charge in [0.15, 0.2) is 10.8 Å². The third-order valence-electron chi connectivity index (χ3n) is 2.50. The van der Waals surface area contributed by atoms with Crippen molar-refractivity contribution in [3.8, 4) is 5.75 Å². The number of aromatic hydroxyl groups is 1. The van der Waals surface area contributed by atoms with Crippen molar-refractivity contribution in [1.29, 1.82) is 0 Å². The van der Waals surface area contributed by atoms with Crippen LogP contribution in [0, 0.1) is 0 Å². The molecule has 1 aromatic carbocycles. The molecular weight excluding hydrogens is 325 g/mol. The number of sulfonamides is 1. The van der Waals surface area contributed by atoms with Gasteiger partial charge in [0.05, 0.1) is 21.9 Å². The Morgan fingerprint density at radius 1 is 1.35 bits per heavy atom. The molecule has 3 N–H and O–H groups in total. The summed E-state index contributed by atoms with van der Waals surface area (Å²) in [5, 5.41) is 9.27. The fraction of sp³-hybridized carbons (Fsp3) is 0.182. The quantitative estimate of drug-likeness (QED) is 0.748. The first kappa shape index (κ1) is 15.0. The Labute approximate surface area is 125 Å². The van der Waals surface area contributed by atoms with Crippen LogP contribution in [0.4, 0.5) is 5.69 Å². The lowest BCUT2D eigenvalue weighted by Crippen LogP contribution is -2.13. The molecule has 2 rings (SSSR count). The number of benzene rings is 1. The number of phenols is 1. The van der Waals surface area contributed by atoms with Crippen molar-refractivity contribution in [3.63, 3.8) is 0 Å². The van der Waals surface area contributed by atoms with Crippen molar-refractivity contribution < 1.29 is 13.5 Å². The second-order valence-electron chi connectivity index (χ2n) is 3.94.